The molecule has 0 bridgehead atoms. The van der Waals surface area contributed by atoms with Crippen LogP contribution in [0.1, 0.15) is 40.6 Å². The van der Waals surface area contributed by atoms with Gasteiger partial charge in [0.05, 0.1) is 6.54 Å². The fourth-order valence-electron chi connectivity index (χ4n) is 2.34. The summed E-state index contributed by atoms with van der Waals surface area (Å²) >= 11 is 1.78. The summed E-state index contributed by atoms with van der Waals surface area (Å²) in [7, 11) is 1.63. The Morgan fingerprint density at radius 2 is 1.96 bits per heavy atom. The average molecular weight is 359 g/mol. The van der Waals surface area contributed by atoms with E-state index in [9.17, 15) is 4.79 Å². The number of rotatable bonds is 7. The molecule has 0 radical (unpaired) electrons. The Morgan fingerprint density at radius 1 is 1.20 bits per heavy atom. The first-order valence-corrected chi connectivity index (χ1v) is 9.38. The molecule has 0 spiro atoms. The van der Waals surface area contributed by atoms with E-state index in [4.69, 9.17) is 0 Å². The molecular formula is C19H26N4OS. The van der Waals surface area contributed by atoms with E-state index in [1.165, 1.54) is 4.88 Å². The van der Waals surface area contributed by atoms with Crippen molar-refractivity contribution in [1.29, 1.82) is 0 Å². The molecule has 2 rings (SSSR count). The van der Waals surface area contributed by atoms with Crippen LogP contribution in [0.25, 0.3) is 0 Å². The molecule has 0 aliphatic heterocycles. The molecule has 1 amide bonds. The fraction of sp³-hybridized carbons (Fsp3) is 0.368. The second kappa shape index (κ2) is 9.84. The first-order chi connectivity index (χ1) is 12.1. The Hall–Kier alpha value is -2.34. The predicted molar refractivity (Wildman–Crippen MR) is 105 cm³/mol. The normalized spacial score (nSPS) is 12.5. The number of amides is 1. The molecule has 0 aliphatic carbocycles. The Bertz CT molecular complexity index is 680. The van der Waals surface area contributed by atoms with Crippen LogP contribution in [-0.4, -0.2) is 32.0 Å². The van der Waals surface area contributed by atoms with Gasteiger partial charge in [0.15, 0.2) is 5.96 Å². The summed E-state index contributed by atoms with van der Waals surface area (Å²) in [6.07, 6.45) is 0. The summed E-state index contributed by atoms with van der Waals surface area (Å²) in [5.41, 5.74) is 1.72. The maximum Gasteiger partial charge on any atom is 0.251 e. The van der Waals surface area contributed by atoms with E-state index in [2.05, 4.69) is 52.3 Å². The van der Waals surface area contributed by atoms with Gasteiger partial charge in [-0.3, -0.25) is 4.79 Å². The van der Waals surface area contributed by atoms with Crippen molar-refractivity contribution in [2.24, 2.45) is 4.99 Å². The number of hydrogen-bond donors (Lipinski definition) is 3. The highest BCUT2D eigenvalue weighted by Crippen LogP contribution is 2.19. The van der Waals surface area contributed by atoms with E-state index in [1.807, 2.05) is 24.3 Å². The Balaban J connectivity index is 1.93. The summed E-state index contributed by atoms with van der Waals surface area (Å²) in [6, 6.07) is 11.8. The van der Waals surface area contributed by atoms with Crippen molar-refractivity contribution in [1.82, 2.24) is 16.0 Å². The number of benzene rings is 1. The number of hydrogen-bond acceptors (Lipinski definition) is 3. The molecule has 5 nitrogen and oxygen atoms in total. The van der Waals surface area contributed by atoms with Crippen LogP contribution < -0.4 is 16.0 Å². The van der Waals surface area contributed by atoms with Crippen LogP contribution in [-0.2, 0) is 6.54 Å². The molecular weight excluding hydrogens is 332 g/mol. The van der Waals surface area contributed by atoms with Gasteiger partial charge in [-0.25, -0.2) is 4.99 Å². The summed E-state index contributed by atoms with van der Waals surface area (Å²) in [5.74, 6) is 1.17. The second-order valence-electron chi connectivity index (χ2n) is 5.77. The molecule has 0 saturated heterocycles. The van der Waals surface area contributed by atoms with Crippen LogP contribution in [0.4, 0.5) is 0 Å². The summed E-state index contributed by atoms with van der Waals surface area (Å²) < 4.78 is 0. The van der Waals surface area contributed by atoms with E-state index in [0.29, 0.717) is 18.0 Å². The first kappa shape index (κ1) is 19.0. The monoisotopic (exact) mass is 358 g/mol. The lowest BCUT2D eigenvalue weighted by molar-refractivity contribution is 0.0963. The van der Waals surface area contributed by atoms with E-state index in [0.717, 1.165) is 24.6 Å². The van der Waals surface area contributed by atoms with Gasteiger partial charge in [0.2, 0.25) is 0 Å². The van der Waals surface area contributed by atoms with Crippen LogP contribution in [0, 0.1) is 0 Å². The molecule has 134 valence electrons. The smallest absolute Gasteiger partial charge is 0.251 e. The highest BCUT2D eigenvalue weighted by molar-refractivity contribution is 7.10. The SMILES string of the molecule is CCNC(=NCc1ccc(C(=O)NC)cc1)NCC(C)c1cccs1. The van der Waals surface area contributed by atoms with Crippen molar-refractivity contribution in [3.05, 3.63) is 57.8 Å². The molecule has 1 heterocycles. The fourth-order valence-corrected chi connectivity index (χ4v) is 3.13. The molecule has 2 aromatic rings. The number of nitrogens with zero attached hydrogens (tertiary/aromatic N) is 1. The van der Waals surface area contributed by atoms with Gasteiger partial charge in [0, 0.05) is 36.5 Å². The van der Waals surface area contributed by atoms with Crippen LogP contribution >= 0.6 is 11.3 Å². The summed E-state index contributed by atoms with van der Waals surface area (Å²) in [4.78, 5) is 17.6. The third-order valence-electron chi connectivity index (χ3n) is 3.81. The zero-order valence-electron chi connectivity index (χ0n) is 15.0. The first-order valence-electron chi connectivity index (χ1n) is 8.50. The molecule has 25 heavy (non-hydrogen) atoms. The second-order valence-corrected chi connectivity index (χ2v) is 6.75. The molecule has 0 fully saturated rings. The average Bonchev–Trinajstić information content (AvgIpc) is 3.18. The maximum absolute atomic E-state index is 11.6. The van der Waals surface area contributed by atoms with Crippen molar-refractivity contribution in [3.8, 4) is 0 Å². The number of thiophene rings is 1. The Morgan fingerprint density at radius 3 is 2.56 bits per heavy atom. The maximum atomic E-state index is 11.6. The van der Waals surface area contributed by atoms with Gasteiger partial charge in [-0.2, -0.15) is 0 Å². The number of aliphatic imine (C=N–C) groups is 1. The van der Waals surface area contributed by atoms with Crippen LogP contribution in [0.2, 0.25) is 0 Å². The van der Waals surface area contributed by atoms with Crippen LogP contribution in [0.3, 0.4) is 0 Å². The topological polar surface area (TPSA) is 65.5 Å². The van der Waals surface area contributed by atoms with E-state index < -0.39 is 0 Å². The molecule has 1 unspecified atom stereocenters. The predicted octanol–water partition coefficient (Wildman–Crippen LogP) is 2.97. The van der Waals surface area contributed by atoms with Crippen molar-refractivity contribution < 1.29 is 4.79 Å². The van der Waals surface area contributed by atoms with Gasteiger partial charge in [-0.05, 0) is 36.1 Å². The van der Waals surface area contributed by atoms with E-state index >= 15 is 0 Å². The van der Waals surface area contributed by atoms with Gasteiger partial charge in [0.1, 0.15) is 0 Å². The van der Waals surface area contributed by atoms with Gasteiger partial charge >= 0.3 is 0 Å². The molecule has 1 atom stereocenters. The molecule has 1 aromatic carbocycles. The third kappa shape index (κ3) is 5.90. The lowest BCUT2D eigenvalue weighted by Gasteiger charge is -2.15. The Kier molecular flexibility index (Phi) is 7.47. The minimum Gasteiger partial charge on any atom is -0.357 e. The lowest BCUT2D eigenvalue weighted by Crippen LogP contribution is -2.39. The van der Waals surface area contributed by atoms with E-state index in [-0.39, 0.29) is 5.91 Å². The standard InChI is InChI=1S/C19H26N4OS/c1-4-21-19(22-12-14(2)17-6-5-11-25-17)23-13-15-7-9-16(10-8-15)18(24)20-3/h5-11,14H,4,12-13H2,1-3H3,(H,20,24)(H2,21,22,23). The van der Waals surface area contributed by atoms with E-state index in [1.54, 1.807) is 18.4 Å². The minimum atomic E-state index is -0.0763. The van der Waals surface area contributed by atoms with Gasteiger partial charge in [-0.15, -0.1) is 11.3 Å². The molecule has 3 N–H and O–H groups in total. The molecule has 0 saturated carbocycles. The van der Waals surface area contributed by atoms with Crippen molar-refractivity contribution in [3.63, 3.8) is 0 Å². The van der Waals surface area contributed by atoms with Crippen LogP contribution in [0.15, 0.2) is 46.8 Å². The highest BCUT2D eigenvalue weighted by atomic mass is 32.1. The van der Waals surface area contributed by atoms with Crippen molar-refractivity contribution in [2.75, 3.05) is 20.1 Å². The van der Waals surface area contributed by atoms with Gasteiger partial charge < -0.3 is 16.0 Å². The summed E-state index contributed by atoms with van der Waals surface area (Å²) in [6.45, 7) is 6.48. The number of nitrogens with one attached hydrogen (secondary N) is 3. The Labute approximate surface area is 153 Å². The largest absolute Gasteiger partial charge is 0.357 e. The lowest BCUT2D eigenvalue weighted by atomic mass is 10.1. The molecule has 0 aliphatic rings. The van der Waals surface area contributed by atoms with Gasteiger partial charge in [-0.1, -0.05) is 25.1 Å². The zero-order valence-corrected chi connectivity index (χ0v) is 15.8. The van der Waals surface area contributed by atoms with Crippen molar-refractivity contribution in [2.45, 2.75) is 26.3 Å². The van der Waals surface area contributed by atoms with Crippen molar-refractivity contribution >= 4 is 23.2 Å². The molecule has 6 heteroatoms. The third-order valence-corrected chi connectivity index (χ3v) is 4.92. The number of carbonyl (C=O) groups is 1. The van der Waals surface area contributed by atoms with Crippen LogP contribution in [0.5, 0.6) is 0 Å². The zero-order chi connectivity index (χ0) is 18.1. The van der Waals surface area contributed by atoms with Gasteiger partial charge in [0.25, 0.3) is 5.91 Å². The molecule has 1 aromatic heterocycles. The highest BCUT2D eigenvalue weighted by Gasteiger charge is 2.07. The number of carbonyl (C=O) groups excluding carboxylic acids is 1. The summed E-state index contributed by atoms with van der Waals surface area (Å²) in [5, 5.41) is 11.4. The number of guanidine groups is 1. The quantitative estimate of drug-likeness (QED) is 0.527. The minimum absolute atomic E-state index is 0.0763.